The van der Waals surface area contributed by atoms with Crippen LogP contribution in [-0.4, -0.2) is 10.9 Å². The van der Waals surface area contributed by atoms with Crippen molar-refractivity contribution in [2.75, 3.05) is 5.32 Å². The molecule has 0 radical (unpaired) electrons. The van der Waals surface area contributed by atoms with Crippen molar-refractivity contribution >= 4 is 34.8 Å². The van der Waals surface area contributed by atoms with Crippen molar-refractivity contribution in [2.24, 2.45) is 0 Å². The molecule has 5 heteroatoms. The van der Waals surface area contributed by atoms with Crippen LogP contribution in [0.2, 0.25) is 10.3 Å². The molecule has 3 nitrogen and oxygen atoms in total. The third kappa shape index (κ3) is 3.46. The first kappa shape index (κ1) is 13.8. The van der Waals surface area contributed by atoms with E-state index in [0.29, 0.717) is 5.56 Å². The minimum atomic E-state index is -0.257. The molecule has 0 aliphatic carbocycles. The van der Waals surface area contributed by atoms with Crippen molar-refractivity contribution in [1.82, 2.24) is 4.98 Å². The largest absolute Gasteiger partial charge is 0.322 e. The van der Waals surface area contributed by atoms with Crippen LogP contribution in [0.4, 0.5) is 5.69 Å². The number of nitrogens with zero attached hydrogens (tertiary/aromatic N) is 1. The van der Waals surface area contributed by atoms with E-state index >= 15 is 0 Å². The Balaban J connectivity index is 2.25. The Morgan fingerprint density at radius 3 is 2.47 bits per heavy atom. The first-order valence-corrected chi connectivity index (χ1v) is 6.58. The molecule has 19 heavy (non-hydrogen) atoms. The average Bonchev–Trinajstić information content (AvgIpc) is 2.38. The van der Waals surface area contributed by atoms with E-state index < -0.39 is 0 Å². The van der Waals surface area contributed by atoms with Crippen LogP contribution < -0.4 is 5.32 Å². The summed E-state index contributed by atoms with van der Waals surface area (Å²) in [6.07, 6.45) is 0.842. The number of benzene rings is 1. The topological polar surface area (TPSA) is 42.0 Å². The van der Waals surface area contributed by atoms with Gasteiger partial charge < -0.3 is 5.32 Å². The minimum Gasteiger partial charge on any atom is -0.322 e. The number of anilines is 1. The van der Waals surface area contributed by atoms with Crippen molar-refractivity contribution < 1.29 is 4.79 Å². The number of carbonyl (C=O) groups excluding carboxylic acids is 1. The number of carbonyl (C=O) groups is 1. The molecule has 0 atom stereocenters. The van der Waals surface area contributed by atoms with Crippen molar-refractivity contribution in [3.05, 3.63) is 57.8 Å². The fraction of sp³-hybridized carbons (Fsp3) is 0.143. The number of nitrogens with one attached hydrogen (secondary N) is 1. The molecule has 1 heterocycles. The Kier molecular flexibility index (Phi) is 4.40. The van der Waals surface area contributed by atoms with Gasteiger partial charge in [0.2, 0.25) is 0 Å². The van der Waals surface area contributed by atoms with E-state index in [9.17, 15) is 4.79 Å². The molecule has 0 saturated heterocycles. The first-order chi connectivity index (χ1) is 9.10. The lowest BCUT2D eigenvalue weighted by molar-refractivity contribution is 0.102. The summed E-state index contributed by atoms with van der Waals surface area (Å²) in [5.41, 5.74) is 2.25. The molecular weight excluding hydrogens is 283 g/mol. The molecule has 1 aromatic carbocycles. The predicted molar refractivity (Wildman–Crippen MR) is 78.0 cm³/mol. The van der Waals surface area contributed by atoms with Gasteiger partial charge in [0.15, 0.2) is 0 Å². The standard InChI is InChI=1S/C14H12Cl2N2O/c1-2-9-5-3-4-6-11(9)17-14(19)10-7-12(15)18-13(16)8-10/h3-8H,2H2,1H3,(H,17,19). The molecule has 2 rings (SSSR count). The number of para-hydroxylation sites is 1. The van der Waals surface area contributed by atoms with Gasteiger partial charge in [-0.15, -0.1) is 0 Å². The highest BCUT2D eigenvalue weighted by molar-refractivity contribution is 6.33. The second-order valence-electron chi connectivity index (χ2n) is 3.97. The summed E-state index contributed by atoms with van der Waals surface area (Å²) in [7, 11) is 0. The lowest BCUT2D eigenvalue weighted by atomic mass is 10.1. The van der Waals surface area contributed by atoms with Crippen LogP contribution >= 0.6 is 23.2 Å². The smallest absolute Gasteiger partial charge is 0.255 e. The molecule has 0 unspecified atom stereocenters. The number of amides is 1. The van der Waals surface area contributed by atoms with Gasteiger partial charge in [-0.05, 0) is 30.2 Å². The molecular formula is C14H12Cl2N2O. The van der Waals surface area contributed by atoms with Gasteiger partial charge in [-0.1, -0.05) is 48.3 Å². The number of hydrogen-bond acceptors (Lipinski definition) is 2. The Hall–Kier alpha value is -1.58. The predicted octanol–water partition coefficient (Wildman–Crippen LogP) is 4.20. The van der Waals surface area contributed by atoms with Crippen molar-refractivity contribution in [3.63, 3.8) is 0 Å². The van der Waals surface area contributed by atoms with Gasteiger partial charge in [0.25, 0.3) is 5.91 Å². The molecule has 1 aromatic heterocycles. The van der Waals surface area contributed by atoms with Gasteiger partial charge in [0, 0.05) is 11.3 Å². The summed E-state index contributed by atoms with van der Waals surface area (Å²) in [4.78, 5) is 15.9. The molecule has 0 aliphatic rings. The summed E-state index contributed by atoms with van der Waals surface area (Å²) in [5.74, 6) is -0.257. The molecule has 1 amide bonds. The summed E-state index contributed by atoms with van der Waals surface area (Å²) < 4.78 is 0. The highest BCUT2D eigenvalue weighted by Gasteiger charge is 2.10. The van der Waals surface area contributed by atoms with E-state index in [1.807, 2.05) is 31.2 Å². The Bertz CT molecular complexity index is 594. The minimum absolute atomic E-state index is 0.196. The van der Waals surface area contributed by atoms with Gasteiger partial charge in [-0.2, -0.15) is 0 Å². The summed E-state index contributed by atoms with van der Waals surface area (Å²) in [6, 6.07) is 10.6. The van der Waals surface area contributed by atoms with Crippen LogP contribution in [0.25, 0.3) is 0 Å². The molecule has 98 valence electrons. The molecule has 0 fully saturated rings. The van der Waals surface area contributed by atoms with Gasteiger partial charge in [0.05, 0.1) is 0 Å². The van der Waals surface area contributed by atoms with E-state index in [-0.39, 0.29) is 16.2 Å². The van der Waals surface area contributed by atoms with E-state index in [1.54, 1.807) is 0 Å². The normalized spacial score (nSPS) is 10.3. The van der Waals surface area contributed by atoms with Crippen molar-refractivity contribution in [3.8, 4) is 0 Å². The summed E-state index contributed by atoms with van der Waals surface area (Å²) in [6.45, 7) is 2.03. The van der Waals surface area contributed by atoms with Crippen LogP contribution in [0.15, 0.2) is 36.4 Å². The lowest BCUT2D eigenvalue weighted by Gasteiger charge is -2.09. The molecule has 0 bridgehead atoms. The van der Waals surface area contributed by atoms with Gasteiger partial charge in [-0.25, -0.2) is 4.98 Å². The number of rotatable bonds is 3. The Labute approximate surface area is 121 Å². The first-order valence-electron chi connectivity index (χ1n) is 5.82. The molecule has 0 spiro atoms. The third-order valence-electron chi connectivity index (χ3n) is 2.67. The zero-order valence-corrected chi connectivity index (χ0v) is 11.8. The van der Waals surface area contributed by atoms with E-state index in [2.05, 4.69) is 10.3 Å². The van der Waals surface area contributed by atoms with Crippen molar-refractivity contribution in [2.45, 2.75) is 13.3 Å². The maximum absolute atomic E-state index is 12.1. The van der Waals surface area contributed by atoms with Crippen LogP contribution in [-0.2, 0) is 6.42 Å². The van der Waals surface area contributed by atoms with Gasteiger partial charge in [0.1, 0.15) is 10.3 Å². The zero-order valence-electron chi connectivity index (χ0n) is 10.3. The summed E-state index contributed by atoms with van der Waals surface area (Å²) >= 11 is 11.6. The average molecular weight is 295 g/mol. The lowest BCUT2D eigenvalue weighted by Crippen LogP contribution is -2.13. The Morgan fingerprint density at radius 1 is 1.21 bits per heavy atom. The maximum Gasteiger partial charge on any atom is 0.255 e. The van der Waals surface area contributed by atoms with Gasteiger partial charge >= 0.3 is 0 Å². The van der Waals surface area contributed by atoms with Gasteiger partial charge in [-0.3, -0.25) is 4.79 Å². The van der Waals surface area contributed by atoms with Crippen LogP contribution in [0.1, 0.15) is 22.8 Å². The molecule has 0 saturated carbocycles. The number of aromatic nitrogens is 1. The number of pyridine rings is 1. The fourth-order valence-electron chi connectivity index (χ4n) is 1.74. The highest BCUT2D eigenvalue weighted by Crippen LogP contribution is 2.19. The second kappa shape index (κ2) is 6.04. The maximum atomic E-state index is 12.1. The fourth-order valence-corrected chi connectivity index (χ4v) is 2.20. The summed E-state index contributed by atoms with van der Waals surface area (Å²) in [5, 5.41) is 3.24. The van der Waals surface area contributed by atoms with E-state index in [0.717, 1.165) is 17.7 Å². The monoisotopic (exact) mass is 294 g/mol. The second-order valence-corrected chi connectivity index (χ2v) is 4.74. The number of halogens is 2. The molecule has 2 aromatic rings. The van der Waals surface area contributed by atoms with Crippen LogP contribution in [0.3, 0.4) is 0 Å². The highest BCUT2D eigenvalue weighted by atomic mass is 35.5. The zero-order chi connectivity index (χ0) is 13.8. The van der Waals surface area contributed by atoms with Crippen LogP contribution in [0, 0.1) is 0 Å². The third-order valence-corrected chi connectivity index (χ3v) is 3.06. The van der Waals surface area contributed by atoms with E-state index in [4.69, 9.17) is 23.2 Å². The quantitative estimate of drug-likeness (QED) is 0.862. The number of hydrogen-bond donors (Lipinski definition) is 1. The van der Waals surface area contributed by atoms with Crippen molar-refractivity contribution in [1.29, 1.82) is 0 Å². The van der Waals surface area contributed by atoms with E-state index in [1.165, 1.54) is 12.1 Å². The molecule has 1 N–H and O–H groups in total. The SMILES string of the molecule is CCc1ccccc1NC(=O)c1cc(Cl)nc(Cl)c1. The molecule has 0 aliphatic heterocycles. The Morgan fingerprint density at radius 2 is 1.84 bits per heavy atom. The van der Waals surface area contributed by atoms with Crippen LogP contribution in [0.5, 0.6) is 0 Å². The number of aryl methyl sites for hydroxylation is 1.